The molecule has 2 aliphatic rings. The van der Waals surface area contributed by atoms with Gasteiger partial charge < -0.3 is 9.57 Å². The van der Waals surface area contributed by atoms with Gasteiger partial charge in [0.05, 0.1) is 18.2 Å². The largest absolute Gasteiger partial charge is 0.392 e. The average Bonchev–Trinajstić information content (AvgIpc) is 2.84. The lowest BCUT2D eigenvalue weighted by Gasteiger charge is -2.09. The molecule has 3 nitrogen and oxygen atoms in total. The van der Waals surface area contributed by atoms with E-state index in [0.717, 1.165) is 12.3 Å². The average molecular weight is 217 g/mol. The molecule has 3 heteroatoms. The van der Waals surface area contributed by atoms with Crippen molar-refractivity contribution in [1.29, 1.82) is 0 Å². The molecule has 1 aromatic rings. The smallest absolute Gasteiger partial charge is 0.135 e. The van der Waals surface area contributed by atoms with Gasteiger partial charge in [-0.15, -0.1) is 0 Å². The molecule has 3 atom stereocenters. The topological polar surface area (TPSA) is 30.8 Å². The fourth-order valence-electron chi connectivity index (χ4n) is 2.28. The Labute approximate surface area is 95.1 Å². The number of rotatable bonds is 1. The Balaban J connectivity index is 1.89. The second-order valence-electron chi connectivity index (χ2n) is 4.56. The Morgan fingerprint density at radius 1 is 1.25 bits per heavy atom. The third kappa shape index (κ3) is 1.43. The van der Waals surface area contributed by atoms with Crippen LogP contribution in [0.3, 0.4) is 0 Å². The molecule has 2 heterocycles. The van der Waals surface area contributed by atoms with Gasteiger partial charge in [-0.2, -0.15) is 0 Å². The van der Waals surface area contributed by atoms with Crippen LogP contribution in [0.2, 0.25) is 0 Å². The molecule has 1 saturated heterocycles. The van der Waals surface area contributed by atoms with E-state index >= 15 is 0 Å². The van der Waals surface area contributed by atoms with Crippen molar-refractivity contribution < 1.29 is 9.57 Å². The van der Waals surface area contributed by atoms with E-state index in [0.29, 0.717) is 5.92 Å². The molecule has 1 fully saturated rings. The maximum absolute atomic E-state index is 5.81. The van der Waals surface area contributed by atoms with Crippen LogP contribution < -0.4 is 0 Å². The number of oxime groups is 1. The highest BCUT2D eigenvalue weighted by Crippen LogP contribution is 2.36. The zero-order valence-electron chi connectivity index (χ0n) is 9.51. The minimum absolute atomic E-state index is 0.00412. The van der Waals surface area contributed by atoms with E-state index in [9.17, 15) is 0 Å². The van der Waals surface area contributed by atoms with E-state index < -0.39 is 0 Å². The predicted molar refractivity (Wildman–Crippen MR) is 61.3 cm³/mol. The summed E-state index contributed by atoms with van der Waals surface area (Å²) in [4.78, 5) is 5.30. The lowest BCUT2D eigenvalue weighted by molar-refractivity contribution is 0.0350. The summed E-state index contributed by atoms with van der Waals surface area (Å²) < 4.78 is 5.81. The molecule has 0 aromatic heterocycles. The van der Waals surface area contributed by atoms with Crippen LogP contribution in [0.15, 0.2) is 29.4 Å². The van der Waals surface area contributed by atoms with Crippen molar-refractivity contribution >= 4 is 5.71 Å². The van der Waals surface area contributed by atoms with Gasteiger partial charge in [-0.25, -0.2) is 0 Å². The van der Waals surface area contributed by atoms with E-state index in [1.165, 1.54) is 11.1 Å². The molecule has 0 radical (unpaired) electrons. The molecule has 0 spiro atoms. The molecule has 2 aliphatic heterocycles. The zero-order chi connectivity index (χ0) is 11.1. The second kappa shape index (κ2) is 3.59. The highest BCUT2D eigenvalue weighted by molar-refractivity contribution is 5.94. The summed E-state index contributed by atoms with van der Waals surface area (Å²) in [5.74, 6) is 0.339. The van der Waals surface area contributed by atoms with Gasteiger partial charge in [-0.05, 0) is 19.4 Å². The molecule has 0 amide bonds. The molecule has 0 bridgehead atoms. The minimum Gasteiger partial charge on any atom is -0.392 e. The van der Waals surface area contributed by atoms with E-state index in [2.05, 4.69) is 36.3 Å². The molecule has 3 rings (SSSR count). The van der Waals surface area contributed by atoms with Crippen LogP contribution in [0.4, 0.5) is 0 Å². The molecule has 1 aromatic carbocycles. The lowest BCUT2D eigenvalue weighted by atomic mass is 9.95. The summed E-state index contributed by atoms with van der Waals surface area (Å²) in [7, 11) is 0. The lowest BCUT2D eigenvalue weighted by Crippen LogP contribution is -2.19. The van der Waals surface area contributed by atoms with Crippen LogP contribution in [0.25, 0.3) is 0 Å². The fourth-order valence-corrected chi connectivity index (χ4v) is 2.28. The van der Waals surface area contributed by atoms with Crippen LogP contribution in [0.5, 0.6) is 0 Å². The van der Waals surface area contributed by atoms with Crippen molar-refractivity contribution in [2.24, 2.45) is 11.1 Å². The number of fused-ring (bicyclic) bond motifs is 1. The Hall–Kier alpha value is -1.35. The van der Waals surface area contributed by atoms with Crippen molar-refractivity contribution in [1.82, 2.24) is 0 Å². The highest BCUT2D eigenvalue weighted by atomic mass is 16.7. The number of hydrogen-bond acceptors (Lipinski definition) is 3. The van der Waals surface area contributed by atoms with Gasteiger partial charge in [0.1, 0.15) is 12.2 Å². The monoisotopic (exact) mass is 217 g/mol. The maximum Gasteiger partial charge on any atom is 0.135 e. The highest BCUT2D eigenvalue weighted by Gasteiger charge is 2.42. The van der Waals surface area contributed by atoms with E-state index in [1.807, 2.05) is 6.92 Å². The van der Waals surface area contributed by atoms with E-state index in [4.69, 9.17) is 9.57 Å². The van der Waals surface area contributed by atoms with Gasteiger partial charge in [0.15, 0.2) is 0 Å². The molecular formula is C13H15NO2. The Morgan fingerprint density at radius 3 is 2.75 bits per heavy atom. The van der Waals surface area contributed by atoms with Gasteiger partial charge >= 0.3 is 0 Å². The van der Waals surface area contributed by atoms with Crippen molar-refractivity contribution in [3.8, 4) is 0 Å². The maximum atomic E-state index is 5.81. The SMILES string of the molecule is Cc1ccc([C@@H]2OC[C@@H]3C2=NO[C@H]3C)cc1. The molecule has 16 heavy (non-hydrogen) atoms. The van der Waals surface area contributed by atoms with Crippen LogP contribution >= 0.6 is 0 Å². The van der Waals surface area contributed by atoms with Crippen molar-refractivity contribution in [2.75, 3.05) is 6.61 Å². The van der Waals surface area contributed by atoms with Crippen molar-refractivity contribution in [3.63, 3.8) is 0 Å². The first-order valence-electron chi connectivity index (χ1n) is 5.67. The number of ether oxygens (including phenoxy) is 1. The molecule has 0 saturated carbocycles. The molecular weight excluding hydrogens is 202 g/mol. The van der Waals surface area contributed by atoms with Gasteiger partial charge in [0, 0.05) is 0 Å². The van der Waals surface area contributed by atoms with Crippen molar-refractivity contribution in [3.05, 3.63) is 35.4 Å². The molecule has 0 aliphatic carbocycles. The fraction of sp³-hybridized carbons (Fsp3) is 0.462. The number of aryl methyl sites for hydroxylation is 1. The summed E-state index contributed by atoms with van der Waals surface area (Å²) in [6.07, 6.45) is 0.154. The quantitative estimate of drug-likeness (QED) is 0.723. The normalized spacial score (nSPS) is 32.1. The summed E-state index contributed by atoms with van der Waals surface area (Å²) in [6, 6.07) is 8.42. The molecule has 84 valence electrons. The summed E-state index contributed by atoms with van der Waals surface area (Å²) in [5.41, 5.74) is 3.48. The first kappa shape index (κ1) is 9.85. The third-order valence-electron chi connectivity index (χ3n) is 3.36. The van der Waals surface area contributed by atoms with Gasteiger partial charge in [-0.3, -0.25) is 0 Å². The van der Waals surface area contributed by atoms with Crippen LogP contribution in [-0.2, 0) is 9.57 Å². The second-order valence-corrected chi connectivity index (χ2v) is 4.56. The third-order valence-corrected chi connectivity index (χ3v) is 3.36. The zero-order valence-corrected chi connectivity index (χ0v) is 9.51. The Kier molecular flexibility index (Phi) is 2.21. The first-order chi connectivity index (χ1) is 7.75. The van der Waals surface area contributed by atoms with Crippen molar-refractivity contribution in [2.45, 2.75) is 26.1 Å². The van der Waals surface area contributed by atoms with E-state index in [1.54, 1.807) is 0 Å². The number of nitrogens with zero attached hydrogens (tertiary/aromatic N) is 1. The molecule has 0 unspecified atom stereocenters. The van der Waals surface area contributed by atoms with Gasteiger partial charge in [-0.1, -0.05) is 35.0 Å². The van der Waals surface area contributed by atoms with Crippen LogP contribution in [-0.4, -0.2) is 18.4 Å². The summed E-state index contributed by atoms with van der Waals surface area (Å²) in [6.45, 7) is 4.85. The summed E-state index contributed by atoms with van der Waals surface area (Å²) >= 11 is 0. The Morgan fingerprint density at radius 2 is 2.00 bits per heavy atom. The Bertz CT molecular complexity index is 424. The van der Waals surface area contributed by atoms with E-state index in [-0.39, 0.29) is 12.2 Å². The number of benzene rings is 1. The first-order valence-corrected chi connectivity index (χ1v) is 5.67. The minimum atomic E-state index is -0.00412. The van der Waals surface area contributed by atoms with Gasteiger partial charge in [0.25, 0.3) is 0 Å². The number of hydrogen-bond donors (Lipinski definition) is 0. The van der Waals surface area contributed by atoms with Crippen LogP contribution in [0, 0.1) is 12.8 Å². The molecule has 0 N–H and O–H groups in total. The predicted octanol–water partition coefficient (Wildman–Crippen LogP) is 2.46. The van der Waals surface area contributed by atoms with Crippen LogP contribution in [0.1, 0.15) is 24.2 Å². The van der Waals surface area contributed by atoms with Gasteiger partial charge in [0.2, 0.25) is 0 Å². The summed E-state index contributed by atoms with van der Waals surface area (Å²) in [5, 5.41) is 4.15. The standard InChI is InChI=1S/C13H15NO2/c1-8-3-5-10(6-4-8)13-12-11(7-15-13)9(2)16-14-12/h3-6,9,11,13H,7H2,1-2H3/t9-,11-,13-/m0/s1.